The van der Waals surface area contributed by atoms with E-state index in [2.05, 4.69) is 10.3 Å². The van der Waals surface area contributed by atoms with Crippen LogP contribution in [0.1, 0.15) is 12.0 Å². The summed E-state index contributed by atoms with van der Waals surface area (Å²) in [5.41, 5.74) is 1.84. The minimum Gasteiger partial charge on any atom is -0.352 e. The molecule has 1 aromatic heterocycles. The van der Waals surface area contributed by atoms with E-state index in [1.165, 1.54) is 0 Å². The van der Waals surface area contributed by atoms with Crippen molar-refractivity contribution in [2.75, 3.05) is 11.4 Å². The molecular formula is C17H17N3O2. The molecule has 0 bridgehead atoms. The molecule has 1 aliphatic heterocycles. The average Bonchev–Trinajstić information content (AvgIpc) is 2.96. The maximum Gasteiger partial charge on any atom is 0.227 e. The number of amides is 2. The number of carbonyl (C=O) groups is 2. The first-order valence-corrected chi connectivity index (χ1v) is 7.26. The smallest absolute Gasteiger partial charge is 0.227 e. The molecule has 3 rings (SSSR count). The fourth-order valence-corrected chi connectivity index (χ4v) is 2.57. The Balaban J connectivity index is 1.59. The molecule has 1 fully saturated rings. The number of hydrogen-bond acceptors (Lipinski definition) is 3. The highest BCUT2D eigenvalue weighted by molar-refractivity contribution is 6.00. The summed E-state index contributed by atoms with van der Waals surface area (Å²) in [6.07, 6.45) is 3.65. The predicted molar refractivity (Wildman–Crippen MR) is 83.0 cm³/mol. The zero-order valence-corrected chi connectivity index (χ0v) is 12.1. The van der Waals surface area contributed by atoms with Gasteiger partial charge in [-0.3, -0.25) is 14.6 Å². The fraction of sp³-hybridized carbons (Fsp3) is 0.235. The van der Waals surface area contributed by atoms with E-state index in [0.29, 0.717) is 13.1 Å². The molecule has 112 valence electrons. The Kier molecular flexibility index (Phi) is 4.14. The summed E-state index contributed by atoms with van der Waals surface area (Å²) < 4.78 is 0. The first-order chi connectivity index (χ1) is 10.7. The zero-order valence-electron chi connectivity index (χ0n) is 12.1. The number of aromatic nitrogens is 1. The van der Waals surface area contributed by atoms with Crippen LogP contribution in [0.2, 0.25) is 0 Å². The highest BCUT2D eigenvalue weighted by Crippen LogP contribution is 2.24. The number of nitrogens with one attached hydrogen (secondary N) is 1. The molecule has 2 heterocycles. The number of pyridine rings is 1. The number of para-hydroxylation sites is 1. The van der Waals surface area contributed by atoms with Gasteiger partial charge >= 0.3 is 0 Å². The van der Waals surface area contributed by atoms with Crippen LogP contribution < -0.4 is 10.2 Å². The van der Waals surface area contributed by atoms with Crippen LogP contribution in [0.25, 0.3) is 0 Å². The van der Waals surface area contributed by atoms with Crippen LogP contribution >= 0.6 is 0 Å². The number of rotatable bonds is 4. The van der Waals surface area contributed by atoms with Gasteiger partial charge in [0.2, 0.25) is 11.8 Å². The molecular weight excluding hydrogens is 278 g/mol. The van der Waals surface area contributed by atoms with Gasteiger partial charge in [0.05, 0.1) is 5.92 Å². The number of carbonyl (C=O) groups excluding carboxylic acids is 2. The molecule has 1 atom stereocenters. The van der Waals surface area contributed by atoms with Gasteiger partial charge in [-0.15, -0.1) is 0 Å². The minimum atomic E-state index is -0.297. The lowest BCUT2D eigenvalue weighted by Crippen LogP contribution is -2.32. The highest BCUT2D eigenvalue weighted by Gasteiger charge is 2.34. The lowest BCUT2D eigenvalue weighted by atomic mass is 10.1. The van der Waals surface area contributed by atoms with E-state index in [0.717, 1.165) is 11.3 Å². The van der Waals surface area contributed by atoms with E-state index in [1.54, 1.807) is 17.3 Å². The van der Waals surface area contributed by atoms with Crippen molar-refractivity contribution in [1.82, 2.24) is 10.3 Å². The van der Waals surface area contributed by atoms with E-state index in [-0.39, 0.29) is 24.2 Å². The van der Waals surface area contributed by atoms with Crippen molar-refractivity contribution in [3.8, 4) is 0 Å². The molecule has 0 aliphatic carbocycles. The van der Waals surface area contributed by atoms with Crippen molar-refractivity contribution in [2.24, 2.45) is 5.92 Å². The lowest BCUT2D eigenvalue weighted by molar-refractivity contribution is -0.126. The minimum absolute atomic E-state index is 0.00439. The molecule has 2 aromatic rings. The third kappa shape index (κ3) is 3.14. The van der Waals surface area contributed by atoms with Crippen molar-refractivity contribution in [2.45, 2.75) is 13.0 Å². The summed E-state index contributed by atoms with van der Waals surface area (Å²) in [6, 6.07) is 13.2. The van der Waals surface area contributed by atoms with Crippen LogP contribution in [-0.2, 0) is 16.1 Å². The van der Waals surface area contributed by atoms with E-state index in [1.807, 2.05) is 42.5 Å². The summed E-state index contributed by atoms with van der Waals surface area (Å²) in [6.45, 7) is 0.891. The van der Waals surface area contributed by atoms with Crippen molar-refractivity contribution in [3.05, 3.63) is 60.4 Å². The molecule has 1 saturated heterocycles. The first-order valence-electron chi connectivity index (χ1n) is 7.26. The number of hydrogen-bond donors (Lipinski definition) is 1. The maximum atomic E-state index is 12.2. The van der Waals surface area contributed by atoms with Gasteiger partial charge in [-0.1, -0.05) is 18.2 Å². The van der Waals surface area contributed by atoms with Crippen molar-refractivity contribution in [3.63, 3.8) is 0 Å². The summed E-state index contributed by atoms with van der Waals surface area (Å²) >= 11 is 0. The predicted octanol–water partition coefficient (Wildman–Crippen LogP) is 1.75. The van der Waals surface area contributed by atoms with Gasteiger partial charge in [0.25, 0.3) is 0 Å². The van der Waals surface area contributed by atoms with E-state index >= 15 is 0 Å². The van der Waals surface area contributed by atoms with Crippen LogP contribution in [0.15, 0.2) is 54.9 Å². The molecule has 22 heavy (non-hydrogen) atoms. The SMILES string of the molecule is O=C(NCc1ccncc1)C1CC(=O)N(c2ccccc2)C1. The largest absolute Gasteiger partial charge is 0.352 e. The van der Waals surface area contributed by atoms with Gasteiger partial charge in [-0.2, -0.15) is 0 Å². The van der Waals surface area contributed by atoms with Crippen LogP contribution in [0, 0.1) is 5.92 Å². The summed E-state index contributed by atoms with van der Waals surface area (Å²) in [4.78, 5) is 30.0. The Morgan fingerprint density at radius 2 is 1.91 bits per heavy atom. The third-order valence-electron chi connectivity index (χ3n) is 3.78. The Labute approximate surface area is 129 Å². The van der Waals surface area contributed by atoms with Crippen LogP contribution in [-0.4, -0.2) is 23.3 Å². The first kappa shape index (κ1) is 14.3. The molecule has 1 N–H and O–H groups in total. The average molecular weight is 295 g/mol. The highest BCUT2D eigenvalue weighted by atomic mass is 16.2. The Hall–Kier alpha value is -2.69. The molecule has 5 heteroatoms. The zero-order chi connectivity index (χ0) is 15.4. The number of anilines is 1. The molecule has 0 radical (unpaired) electrons. The van der Waals surface area contributed by atoms with E-state index < -0.39 is 0 Å². The molecule has 1 unspecified atom stereocenters. The molecule has 2 amide bonds. The van der Waals surface area contributed by atoms with Gasteiger partial charge in [0, 0.05) is 37.6 Å². The second-order valence-electron chi connectivity index (χ2n) is 5.31. The molecule has 0 saturated carbocycles. The van der Waals surface area contributed by atoms with Crippen molar-refractivity contribution in [1.29, 1.82) is 0 Å². The van der Waals surface area contributed by atoms with Gasteiger partial charge in [0.15, 0.2) is 0 Å². The van der Waals surface area contributed by atoms with E-state index in [4.69, 9.17) is 0 Å². The third-order valence-corrected chi connectivity index (χ3v) is 3.78. The Morgan fingerprint density at radius 1 is 1.18 bits per heavy atom. The summed E-state index contributed by atoms with van der Waals surface area (Å²) in [7, 11) is 0. The fourth-order valence-electron chi connectivity index (χ4n) is 2.57. The maximum absolute atomic E-state index is 12.2. The molecule has 5 nitrogen and oxygen atoms in total. The summed E-state index contributed by atoms with van der Waals surface area (Å²) in [5.74, 6) is -0.381. The topological polar surface area (TPSA) is 62.3 Å². The summed E-state index contributed by atoms with van der Waals surface area (Å²) in [5, 5.41) is 2.89. The second kappa shape index (κ2) is 6.39. The molecule has 1 aromatic carbocycles. The van der Waals surface area contributed by atoms with E-state index in [9.17, 15) is 9.59 Å². The number of nitrogens with zero attached hydrogens (tertiary/aromatic N) is 2. The quantitative estimate of drug-likeness (QED) is 0.934. The lowest BCUT2D eigenvalue weighted by Gasteiger charge is -2.16. The van der Waals surface area contributed by atoms with Crippen LogP contribution in [0.3, 0.4) is 0 Å². The van der Waals surface area contributed by atoms with Gasteiger partial charge < -0.3 is 10.2 Å². The second-order valence-corrected chi connectivity index (χ2v) is 5.31. The molecule has 1 aliphatic rings. The van der Waals surface area contributed by atoms with Gasteiger partial charge in [-0.05, 0) is 29.8 Å². The Morgan fingerprint density at radius 3 is 2.64 bits per heavy atom. The van der Waals surface area contributed by atoms with Crippen LogP contribution in [0.5, 0.6) is 0 Å². The van der Waals surface area contributed by atoms with Crippen molar-refractivity contribution >= 4 is 17.5 Å². The van der Waals surface area contributed by atoms with Crippen molar-refractivity contribution < 1.29 is 9.59 Å². The Bertz CT molecular complexity index is 658. The van der Waals surface area contributed by atoms with Gasteiger partial charge in [0.1, 0.15) is 0 Å². The standard InChI is InChI=1S/C17H17N3O2/c21-16-10-14(12-20(16)15-4-2-1-3-5-15)17(22)19-11-13-6-8-18-9-7-13/h1-9,14H,10-12H2,(H,19,22). The van der Waals surface area contributed by atoms with Gasteiger partial charge in [-0.25, -0.2) is 0 Å². The number of benzene rings is 1. The normalized spacial score (nSPS) is 17.5. The molecule has 0 spiro atoms. The monoisotopic (exact) mass is 295 g/mol. The van der Waals surface area contributed by atoms with Crippen LogP contribution in [0.4, 0.5) is 5.69 Å².